The van der Waals surface area contributed by atoms with Gasteiger partial charge in [-0.05, 0) is 122 Å². The maximum atomic E-state index is 2.45. The number of hydrogen-bond donors (Lipinski definition) is 0. The summed E-state index contributed by atoms with van der Waals surface area (Å²) in [4.78, 5) is 0. The van der Waals surface area contributed by atoms with Crippen LogP contribution in [0.1, 0.15) is 215 Å². The summed E-state index contributed by atoms with van der Waals surface area (Å²) in [5.74, 6) is 1.52. The molecule has 2 unspecified atom stereocenters. The first-order valence-electron chi connectivity index (χ1n) is 23.8. The summed E-state index contributed by atoms with van der Waals surface area (Å²) in [6, 6.07) is 28.8. The zero-order valence-corrected chi connectivity index (χ0v) is 36.3. The Balaban J connectivity index is 1.18. The third-order valence-corrected chi connectivity index (χ3v) is 12.4. The third-order valence-electron chi connectivity index (χ3n) is 12.4. The summed E-state index contributed by atoms with van der Waals surface area (Å²) in [5.41, 5.74) is 9.09. The molecule has 0 N–H and O–H groups in total. The zero-order valence-electron chi connectivity index (χ0n) is 36.3. The maximum absolute atomic E-state index is 2.45. The Morgan fingerprint density at radius 1 is 0.259 bits per heavy atom. The van der Waals surface area contributed by atoms with Crippen molar-refractivity contribution < 1.29 is 0 Å². The largest absolute Gasteiger partial charge is 0.0654 e. The van der Waals surface area contributed by atoms with Crippen LogP contribution in [0.25, 0.3) is 0 Å². The van der Waals surface area contributed by atoms with Gasteiger partial charge in [0.15, 0.2) is 0 Å². The molecular weight excluding hydrogens is 649 g/mol. The molecule has 0 fully saturated rings. The second-order valence-corrected chi connectivity index (χ2v) is 17.7. The van der Waals surface area contributed by atoms with Crippen molar-refractivity contribution in [3.8, 4) is 0 Å². The van der Waals surface area contributed by atoms with E-state index in [4.69, 9.17) is 0 Å². The Labute approximate surface area is 337 Å². The molecule has 2 atom stereocenters. The van der Waals surface area contributed by atoms with Crippen LogP contribution in [-0.2, 0) is 38.5 Å². The summed E-state index contributed by atoms with van der Waals surface area (Å²) >= 11 is 0. The standard InChI is InChI=1S/C54H86/c1-5-7-9-11-13-15-17-19-21-23-25-49-35-39-51(40-36-49)31-27-47(3)29-33-53-43-45-54(46-44-53)34-30-48(4)28-32-52-41-37-50(38-42-52)26-24-22-20-18-16-14-12-10-8-6-2/h35-48H,5-34H2,1-4H3. The van der Waals surface area contributed by atoms with Crippen molar-refractivity contribution in [2.75, 3.05) is 0 Å². The van der Waals surface area contributed by atoms with Gasteiger partial charge in [0.25, 0.3) is 0 Å². The molecule has 0 saturated carbocycles. The quantitative estimate of drug-likeness (QED) is 0.0536. The topological polar surface area (TPSA) is 0 Å². The molecule has 0 bridgehead atoms. The van der Waals surface area contributed by atoms with Crippen molar-refractivity contribution in [2.24, 2.45) is 11.8 Å². The molecule has 0 saturated heterocycles. The molecule has 0 spiro atoms. The minimum absolute atomic E-state index is 0.762. The fourth-order valence-electron chi connectivity index (χ4n) is 8.19. The number of benzene rings is 3. The number of aryl methyl sites for hydroxylation is 6. The van der Waals surface area contributed by atoms with Gasteiger partial charge in [-0.15, -0.1) is 0 Å². The average Bonchev–Trinajstić information content (AvgIpc) is 3.20. The highest BCUT2D eigenvalue weighted by Crippen LogP contribution is 2.21. The van der Waals surface area contributed by atoms with E-state index in [0.717, 1.165) is 11.8 Å². The van der Waals surface area contributed by atoms with Crippen LogP contribution in [-0.4, -0.2) is 0 Å². The number of unbranched alkanes of at least 4 members (excludes halogenated alkanes) is 18. The summed E-state index contributed by atoms with van der Waals surface area (Å²) in [6.07, 6.45) is 40.8. The predicted octanol–water partition coefficient (Wildman–Crippen LogP) is 17.0. The Hall–Kier alpha value is -2.34. The molecule has 0 aliphatic carbocycles. The van der Waals surface area contributed by atoms with Gasteiger partial charge in [-0.3, -0.25) is 0 Å². The predicted molar refractivity (Wildman–Crippen MR) is 242 cm³/mol. The Morgan fingerprint density at radius 2 is 0.444 bits per heavy atom. The summed E-state index contributed by atoms with van der Waals surface area (Å²) in [6.45, 7) is 9.50. The minimum atomic E-state index is 0.762. The lowest BCUT2D eigenvalue weighted by molar-refractivity contribution is 0.491. The molecule has 3 aromatic rings. The summed E-state index contributed by atoms with van der Waals surface area (Å²) in [5, 5.41) is 0. The van der Waals surface area contributed by atoms with Crippen molar-refractivity contribution >= 4 is 0 Å². The van der Waals surface area contributed by atoms with Crippen molar-refractivity contribution in [1.29, 1.82) is 0 Å². The van der Waals surface area contributed by atoms with Gasteiger partial charge in [0, 0.05) is 0 Å². The lowest BCUT2D eigenvalue weighted by Gasteiger charge is -2.13. The van der Waals surface area contributed by atoms with E-state index in [2.05, 4.69) is 100 Å². The molecule has 0 radical (unpaired) electrons. The monoisotopic (exact) mass is 735 g/mol. The molecule has 0 amide bonds. The molecule has 0 aliphatic heterocycles. The first-order valence-corrected chi connectivity index (χ1v) is 23.8. The Morgan fingerprint density at radius 3 is 0.667 bits per heavy atom. The van der Waals surface area contributed by atoms with E-state index in [-0.39, 0.29) is 0 Å². The maximum Gasteiger partial charge on any atom is -0.0276 e. The zero-order chi connectivity index (χ0) is 38.3. The van der Waals surface area contributed by atoms with Gasteiger partial charge in [-0.25, -0.2) is 0 Å². The van der Waals surface area contributed by atoms with Crippen LogP contribution in [0.3, 0.4) is 0 Å². The highest BCUT2D eigenvalue weighted by molar-refractivity contribution is 5.25. The SMILES string of the molecule is CCCCCCCCCCCCc1ccc(CCC(C)CCc2ccc(CCC(C)CCc3ccc(CCCCCCCCCCCC)cc3)cc2)cc1. The molecule has 0 aliphatic rings. The smallest absolute Gasteiger partial charge is 0.0276 e. The molecule has 302 valence electrons. The fourth-order valence-corrected chi connectivity index (χ4v) is 8.19. The minimum Gasteiger partial charge on any atom is -0.0654 e. The molecular formula is C54H86. The average molecular weight is 735 g/mol. The van der Waals surface area contributed by atoms with E-state index >= 15 is 0 Å². The fraction of sp³-hybridized carbons (Fsp3) is 0.667. The Kier molecular flexibility index (Phi) is 26.3. The van der Waals surface area contributed by atoms with Crippen molar-refractivity contribution in [3.05, 3.63) is 106 Å². The summed E-state index contributed by atoms with van der Waals surface area (Å²) < 4.78 is 0. The molecule has 0 heterocycles. The van der Waals surface area contributed by atoms with Crippen LogP contribution in [0, 0.1) is 11.8 Å². The molecule has 0 nitrogen and oxygen atoms in total. The summed E-state index contributed by atoms with van der Waals surface area (Å²) in [7, 11) is 0. The van der Waals surface area contributed by atoms with E-state index in [1.165, 1.54) is 226 Å². The van der Waals surface area contributed by atoms with E-state index < -0.39 is 0 Å². The molecule has 3 aromatic carbocycles. The van der Waals surface area contributed by atoms with Gasteiger partial charge in [0.2, 0.25) is 0 Å². The molecule has 3 rings (SSSR count). The first-order chi connectivity index (χ1) is 26.6. The normalized spacial score (nSPS) is 12.7. The van der Waals surface area contributed by atoms with Crippen molar-refractivity contribution in [1.82, 2.24) is 0 Å². The number of hydrogen-bond acceptors (Lipinski definition) is 0. The first kappa shape index (κ1) is 46.0. The van der Waals surface area contributed by atoms with Crippen LogP contribution in [0.2, 0.25) is 0 Å². The van der Waals surface area contributed by atoms with Gasteiger partial charge in [0.1, 0.15) is 0 Å². The van der Waals surface area contributed by atoms with Crippen LogP contribution in [0.15, 0.2) is 72.8 Å². The van der Waals surface area contributed by atoms with E-state index in [0.29, 0.717) is 0 Å². The van der Waals surface area contributed by atoms with Crippen LogP contribution >= 0.6 is 0 Å². The van der Waals surface area contributed by atoms with Gasteiger partial charge in [-0.1, -0.05) is 216 Å². The van der Waals surface area contributed by atoms with E-state index in [1.54, 1.807) is 0 Å². The Bertz CT molecular complexity index is 1150. The third kappa shape index (κ3) is 22.9. The second kappa shape index (κ2) is 30.8. The van der Waals surface area contributed by atoms with Gasteiger partial charge >= 0.3 is 0 Å². The van der Waals surface area contributed by atoms with E-state index in [1.807, 2.05) is 0 Å². The lowest BCUT2D eigenvalue weighted by atomic mass is 9.92. The van der Waals surface area contributed by atoms with Gasteiger partial charge < -0.3 is 0 Å². The van der Waals surface area contributed by atoms with Crippen LogP contribution < -0.4 is 0 Å². The van der Waals surface area contributed by atoms with Crippen LogP contribution in [0.5, 0.6) is 0 Å². The van der Waals surface area contributed by atoms with E-state index in [9.17, 15) is 0 Å². The molecule has 0 heteroatoms. The second-order valence-electron chi connectivity index (χ2n) is 17.7. The van der Waals surface area contributed by atoms with Gasteiger partial charge in [0.05, 0.1) is 0 Å². The molecule has 0 aromatic heterocycles. The van der Waals surface area contributed by atoms with Crippen molar-refractivity contribution in [3.63, 3.8) is 0 Å². The highest BCUT2D eigenvalue weighted by Gasteiger charge is 2.07. The highest BCUT2D eigenvalue weighted by atomic mass is 14.1. The lowest BCUT2D eigenvalue weighted by Crippen LogP contribution is -2.01. The van der Waals surface area contributed by atoms with Crippen molar-refractivity contribution in [2.45, 2.75) is 220 Å². The molecule has 54 heavy (non-hydrogen) atoms. The van der Waals surface area contributed by atoms with Gasteiger partial charge in [-0.2, -0.15) is 0 Å². The van der Waals surface area contributed by atoms with Crippen LogP contribution in [0.4, 0.5) is 0 Å². The number of rotatable bonds is 34.